The molecule has 2 aromatic carbocycles. The number of hydrogen-bond acceptors (Lipinski definition) is 3. The molecule has 0 spiro atoms. The molecule has 0 amide bonds. The Hall–Kier alpha value is -2.59. The minimum absolute atomic E-state index is 0.554. The lowest BCUT2D eigenvalue weighted by atomic mass is 10.1. The molecule has 0 saturated heterocycles. The van der Waals surface area contributed by atoms with Crippen LogP contribution in [-0.4, -0.2) is 29.6 Å². The molecule has 0 radical (unpaired) electrons. The first-order valence-corrected chi connectivity index (χ1v) is 7.75. The van der Waals surface area contributed by atoms with Gasteiger partial charge in [-0.15, -0.1) is 0 Å². The molecule has 0 aliphatic rings. The Kier molecular flexibility index (Phi) is 5.43. The van der Waals surface area contributed by atoms with E-state index >= 15 is 0 Å². The van der Waals surface area contributed by atoms with Gasteiger partial charge in [-0.2, -0.15) is 5.10 Å². The van der Waals surface area contributed by atoms with Crippen LogP contribution in [0.2, 0.25) is 0 Å². The molecule has 1 aromatic heterocycles. The van der Waals surface area contributed by atoms with Gasteiger partial charge in [0.15, 0.2) is 0 Å². The standard InChI is InChI=1S/C19H20N2O2/c1-3-7-17(8-4-1)18-15-20-21(16-18)11-12-22-13-14-23-19-9-5-2-6-10-19/h1-10,15-16H,11-14H2. The van der Waals surface area contributed by atoms with Crippen LogP contribution in [0.25, 0.3) is 11.1 Å². The molecule has 0 aliphatic carbocycles. The van der Waals surface area contributed by atoms with Crippen LogP contribution in [0.4, 0.5) is 0 Å². The third-order valence-corrected chi connectivity index (χ3v) is 3.44. The number of rotatable bonds is 8. The van der Waals surface area contributed by atoms with E-state index in [4.69, 9.17) is 9.47 Å². The molecule has 23 heavy (non-hydrogen) atoms. The van der Waals surface area contributed by atoms with E-state index in [0.717, 1.165) is 17.9 Å². The lowest BCUT2D eigenvalue weighted by Gasteiger charge is -2.07. The Bertz CT molecular complexity index is 696. The summed E-state index contributed by atoms with van der Waals surface area (Å²) in [5.41, 5.74) is 2.30. The van der Waals surface area contributed by atoms with Gasteiger partial charge in [0, 0.05) is 11.8 Å². The largest absolute Gasteiger partial charge is 0.491 e. The molecular weight excluding hydrogens is 288 g/mol. The van der Waals surface area contributed by atoms with Crippen LogP contribution in [0, 0.1) is 0 Å². The summed E-state index contributed by atoms with van der Waals surface area (Å²) < 4.78 is 13.1. The zero-order chi connectivity index (χ0) is 15.7. The third-order valence-electron chi connectivity index (χ3n) is 3.44. The van der Waals surface area contributed by atoms with E-state index in [9.17, 15) is 0 Å². The van der Waals surface area contributed by atoms with Gasteiger partial charge in [-0.1, -0.05) is 48.5 Å². The first-order valence-electron chi connectivity index (χ1n) is 7.75. The van der Waals surface area contributed by atoms with Crippen molar-refractivity contribution in [1.29, 1.82) is 0 Å². The number of aromatic nitrogens is 2. The van der Waals surface area contributed by atoms with Gasteiger partial charge in [0.05, 0.1) is 26.0 Å². The van der Waals surface area contributed by atoms with E-state index in [2.05, 4.69) is 17.2 Å². The fourth-order valence-electron chi connectivity index (χ4n) is 2.26. The predicted molar refractivity (Wildman–Crippen MR) is 90.4 cm³/mol. The maximum Gasteiger partial charge on any atom is 0.119 e. The number of nitrogens with zero attached hydrogens (tertiary/aromatic N) is 2. The second kappa shape index (κ2) is 8.15. The summed E-state index contributed by atoms with van der Waals surface area (Å²) in [6.07, 6.45) is 3.92. The van der Waals surface area contributed by atoms with E-state index in [0.29, 0.717) is 19.8 Å². The highest BCUT2D eigenvalue weighted by Crippen LogP contribution is 2.17. The van der Waals surface area contributed by atoms with Crippen molar-refractivity contribution >= 4 is 0 Å². The van der Waals surface area contributed by atoms with Gasteiger partial charge in [0.25, 0.3) is 0 Å². The molecule has 4 nitrogen and oxygen atoms in total. The molecule has 0 bridgehead atoms. The van der Waals surface area contributed by atoms with Crippen molar-refractivity contribution in [3.05, 3.63) is 73.1 Å². The molecule has 0 unspecified atom stereocenters. The quantitative estimate of drug-likeness (QED) is 0.596. The Morgan fingerprint density at radius 1 is 0.783 bits per heavy atom. The summed E-state index contributed by atoms with van der Waals surface area (Å²) in [5.74, 6) is 0.871. The smallest absolute Gasteiger partial charge is 0.119 e. The van der Waals surface area contributed by atoms with Crippen molar-refractivity contribution in [2.45, 2.75) is 6.54 Å². The molecular formula is C19H20N2O2. The van der Waals surface area contributed by atoms with Crippen molar-refractivity contribution in [2.75, 3.05) is 19.8 Å². The minimum Gasteiger partial charge on any atom is -0.491 e. The van der Waals surface area contributed by atoms with Gasteiger partial charge in [-0.25, -0.2) is 0 Å². The van der Waals surface area contributed by atoms with E-state index < -0.39 is 0 Å². The van der Waals surface area contributed by atoms with Gasteiger partial charge in [-0.05, 0) is 17.7 Å². The highest BCUT2D eigenvalue weighted by Gasteiger charge is 2.01. The van der Waals surface area contributed by atoms with Gasteiger partial charge in [-0.3, -0.25) is 4.68 Å². The van der Waals surface area contributed by atoms with Crippen LogP contribution >= 0.6 is 0 Å². The first kappa shape index (κ1) is 15.3. The number of benzene rings is 2. The SMILES string of the molecule is c1ccc(OCCOCCn2cc(-c3ccccc3)cn2)cc1. The van der Waals surface area contributed by atoms with Crippen LogP contribution in [0.1, 0.15) is 0 Å². The lowest BCUT2D eigenvalue weighted by Crippen LogP contribution is -2.11. The first-order chi connectivity index (χ1) is 11.4. The molecule has 0 N–H and O–H groups in total. The fraction of sp³-hybridized carbons (Fsp3) is 0.211. The molecule has 4 heteroatoms. The van der Waals surface area contributed by atoms with Crippen LogP contribution in [0.15, 0.2) is 73.1 Å². The van der Waals surface area contributed by atoms with Crippen LogP contribution in [0.5, 0.6) is 5.75 Å². The zero-order valence-corrected chi connectivity index (χ0v) is 13.0. The van der Waals surface area contributed by atoms with Crippen LogP contribution in [0.3, 0.4) is 0 Å². The molecule has 0 saturated carbocycles. The highest BCUT2D eigenvalue weighted by atomic mass is 16.5. The Labute approximate surface area is 136 Å². The van der Waals surface area contributed by atoms with Crippen molar-refractivity contribution in [3.8, 4) is 16.9 Å². The van der Waals surface area contributed by atoms with Crippen molar-refractivity contribution < 1.29 is 9.47 Å². The zero-order valence-electron chi connectivity index (χ0n) is 13.0. The Morgan fingerprint density at radius 2 is 1.52 bits per heavy atom. The summed E-state index contributed by atoms with van der Waals surface area (Å²) in [5, 5.41) is 4.36. The van der Waals surface area contributed by atoms with Gasteiger partial charge >= 0.3 is 0 Å². The van der Waals surface area contributed by atoms with E-state index in [1.165, 1.54) is 5.56 Å². The fourth-order valence-corrected chi connectivity index (χ4v) is 2.26. The molecule has 0 fully saturated rings. The average molecular weight is 308 g/mol. The minimum atomic E-state index is 0.554. The molecule has 0 atom stereocenters. The predicted octanol–water partition coefficient (Wildman–Crippen LogP) is 3.65. The van der Waals surface area contributed by atoms with Crippen LogP contribution < -0.4 is 4.74 Å². The molecule has 0 aliphatic heterocycles. The topological polar surface area (TPSA) is 36.3 Å². The highest BCUT2D eigenvalue weighted by molar-refractivity contribution is 5.61. The summed E-state index contributed by atoms with van der Waals surface area (Å²) in [6, 6.07) is 20.0. The van der Waals surface area contributed by atoms with E-state index in [1.807, 2.05) is 65.6 Å². The maximum absolute atomic E-state index is 5.59. The summed E-state index contributed by atoms with van der Waals surface area (Å²) >= 11 is 0. The maximum atomic E-state index is 5.59. The summed E-state index contributed by atoms with van der Waals surface area (Å²) in [4.78, 5) is 0. The second-order valence-corrected chi connectivity index (χ2v) is 5.13. The number of ether oxygens (including phenoxy) is 2. The van der Waals surface area contributed by atoms with Gasteiger partial charge in [0.1, 0.15) is 12.4 Å². The van der Waals surface area contributed by atoms with Crippen molar-refractivity contribution in [3.63, 3.8) is 0 Å². The molecule has 3 aromatic rings. The van der Waals surface area contributed by atoms with E-state index in [-0.39, 0.29) is 0 Å². The monoisotopic (exact) mass is 308 g/mol. The third kappa shape index (κ3) is 4.69. The Morgan fingerprint density at radius 3 is 2.30 bits per heavy atom. The molecule has 118 valence electrons. The summed E-state index contributed by atoms with van der Waals surface area (Å²) in [6.45, 7) is 2.48. The van der Waals surface area contributed by atoms with Gasteiger partial charge < -0.3 is 9.47 Å². The summed E-state index contributed by atoms with van der Waals surface area (Å²) in [7, 11) is 0. The van der Waals surface area contributed by atoms with E-state index in [1.54, 1.807) is 0 Å². The second-order valence-electron chi connectivity index (χ2n) is 5.13. The molecule has 3 rings (SSSR count). The van der Waals surface area contributed by atoms with Crippen LogP contribution in [-0.2, 0) is 11.3 Å². The van der Waals surface area contributed by atoms with Crippen molar-refractivity contribution in [1.82, 2.24) is 9.78 Å². The number of hydrogen-bond donors (Lipinski definition) is 0. The average Bonchev–Trinajstić information content (AvgIpc) is 3.09. The number of para-hydroxylation sites is 1. The lowest BCUT2D eigenvalue weighted by molar-refractivity contribution is 0.0926. The van der Waals surface area contributed by atoms with Gasteiger partial charge in [0.2, 0.25) is 0 Å². The normalized spacial score (nSPS) is 10.6. The van der Waals surface area contributed by atoms with Crippen molar-refractivity contribution in [2.24, 2.45) is 0 Å². The Balaban J connectivity index is 1.36. The molecule has 1 heterocycles.